The minimum atomic E-state index is -0.156. The molecule has 92 valence electrons. The average Bonchev–Trinajstić information content (AvgIpc) is 2.73. The van der Waals surface area contributed by atoms with Gasteiger partial charge in [0.1, 0.15) is 5.69 Å². The molecule has 5 heteroatoms. The van der Waals surface area contributed by atoms with Crippen molar-refractivity contribution < 1.29 is 9.32 Å². The molecule has 0 bridgehead atoms. The van der Waals surface area contributed by atoms with Crippen molar-refractivity contribution in [3.05, 3.63) is 30.0 Å². The first-order chi connectivity index (χ1) is 8.70. The maximum absolute atomic E-state index is 11.7. The van der Waals surface area contributed by atoms with Crippen molar-refractivity contribution in [1.82, 2.24) is 10.5 Å². The minimum Gasteiger partial charge on any atom is -0.356 e. The first kappa shape index (κ1) is 12.1. The summed E-state index contributed by atoms with van der Waals surface area (Å²) in [4.78, 5) is 11.7. The van der Waals surface area contributed by atoms with E-state index in [2.05, 4.69) is 10.5 Å². The van der Waals surface area contributed by atoms with E-state index in [9.17, 15) is 4.79 Å². The Labute approximate surface area is 104 Å². The van der Waals surface area contributed by atoms with Gasteiger partial charge in [-0.3, -0.25) is 4.79 Å². The summed E-state index contributed by atoms with van der Waals surface area (Å²) in [5.41, 5.74) is 1.29. The van der Waals surface area contributed by atoms with Crippen LogP contribution in [0.4, 0.5) is 0 Å². The molecular weight excluding hydrogens is 230 g/mol. The number of fused-ring (bicyclic) bond motifs is 1. The van der Waals surface area contributed by atoms with E-state index >= 15 is 0 Å². The van der Waals surface area contributed by atoms with Crippen molar-refractivity contribution in [3.8, 4) is 6.07 Å². The lowest BCUT2D eigenvalue weighted by Gasteiger charge is -2.08. The van der Waals surface area contributed by atoms with Crippen LogP contribution in [-0.4, -0.2) is 17.1 Å². The highest BCUT2D eigenvalue weighted by molar-refractivity contribution is 5.86. The SMILES string of the molecule is CC(CC#N)NC(=O)Cc1noc2ccccc12. The molecule has 0 fully saturated rings. The van der Waals surface area contributed by atoms with E-state index in [1.807, 2.05) is 30.3 Å². The van der Waals surface area contributed by atoms with Gasteiger partial charge in [0.25, 0.3) is 0 Å². The van der Waals surface area contributed by atoms with E-state index in [0.717, 1.165) is 5.39 Å². The molecule has 1 N–H and O–H groups in total. The van der Waals surface area contributed by atoms with Crippen molar-refractivity contribution in [2.75, 3.05) is 0 Å². The molecule has 1 unspecified atom stereocenters. The first-order valence-corrected chi connectivity index (χ1v) is 5.70. The lowest BCUT2D eigenvalue weighted by molar-refractivity contribution is -0.121. The fourth-order valence-electron chi connectivity index (χ4n) is 1.73. The summed E-state index contributed by atoms with van der Waals surface area (Å²) in [5.74, 6) is -0.156. The smallest absolute Gasteiger partial charge is 0.226 e. The number of carbonyl (C=O) groups is 1. The van der Waals surface area contributed by atoms with Gasteiger partial charge in [-0.25, -0.2) is 0 Å². The Balaban J connectivity index is 2.06. The summed E-state index contributed by atoms with van der Waals surface area (Å²) in [6.07, 6.45) is 0.456. The van der Waals surface area contributed by atoms with E-state index in [4.69, 9.17) is 9.78 Å². The summed E-state index contributed by atoms with van der Waals surface area (Å²) in [5, 5.41) is 16.0. The second-order valence-electron chi connectivity index (χ2n) is 4.13. The third kappa shape index (κ3) is 2.66. The largest absolute Gasteiger partial charge is 0.356 e. The fourth-order valence-corrected chi connectivity index (χ4v) is 1.73. The molecular formula is C13H13N3O2. The predicted octanol–water partition coefficient (Wildman–Crippen LogP) is 1.79. The van der Waals surface area contributed by atoms with E-state index < -0.39 is 0 Å². The van der Waals surface area contributed by atoms with Crippen LogP contribution in [0, 0.1) is 11.3 Å². The highest BCUT2D eigenvalue weighted by atomic mass is 16.5. The molecule has 0 saturated heterocycles. The van der Waals surface area contributed by atoms with Crippen molar-refractivity contribution >= 4 is 16.9 Å². The topological polar surface area (TPSA) is 78.9 Å². The summed E-state index contributed by atoms with van der Waals surface area (Å²) >= 11 is 0. The molecule has 0 aliphatic carbocycles. The highest BCUT2D eigenvalue weighted by Crippen LogP contribution is 2.17. The van der Waals surface area contributed by atoms with Crippen LogP contribution < -0.4 is 5.32 Å². The monoisotopic (exact) mass is 243 g/mol. The molecule has 2 aromatic rings. The van der Waals surface area contributed by atoms with Crippen LogP contribution in [0.25, 0.3) is 11.0 Å². The Bertz CT molecular complexity index is 598. The number of hydrogen-bond acceptors (Lipinski definition) is 4. The zero-order chi connectivity index (χ0) is 13.0. The molecule has 18 heavy (non-hydrogen) atoms. The van der Waals surface area contributed by atoms with Gasteiger partial charge >= 0.3 is 0 Å². The van der Waals surface area contributed by atoms with Gasteiger partial charge in [-0.1, -0.05) is 17.3 Å². The maximum atomic E-state index is 11.7. The van der Waals surface area contributed by atoms with Gasteiger partial charge in [-0.15, -0.1) is 0 Å². The third-order valence-corrected chi connectivity index (χ3v) is 2.59. The second-order valence-corrected chi connectivity index (χ2v) is 4.13. The number of nitriles is 1. The average molecular weight is 243 g/mol. The number of aromatic nitrogens is 1. The molecule has 1 atom stereocenters. The molecule has 1 aromatic heterocycles. The molecule has 0 saturated carbocycles. The van der Waals surface area contributed by atoms with Crippen molar-refractivity contribution in [1.29, 1.82) is 5.26 Å². The molecule has 1 heterocycles. The zero-order valence-corrected chi connectivity index (χ0v) is 10.0. The predicted molar refractivity (Wildman–Crippen MR) is 65.5 cm³/mol. The Morgan fingerprint density at radius 3 is 3.11 bits per heavy atom. The van der Waals surface area contributed by atoms with Crippen LogP contribution in [0.2, 0.25) is 0 Å². The Kier molecular flexibility index (Phi) is 3.58. The molecule has 1 amide bonds. The van der Waals surface area contributed by atoms with E-state index in [1.165, 1.54) is 0 Å². The summed E-state index contributed by atoms with van der Waals surface area (Å²) < 4.78 is 5.12. The van der Waals surface area contributed by atoms with Gasteiger partial charge in [-0.05, 0) is 19.1 Å². The minimum absolute atomic E-state index is 0.152. The van der Waals surface area contributed by atoms with Gasteiger partial charge in [0.05, 0.1) is 18.9 Å². The Morgan fingerprint density at radius 2 is 2.33 bits per heavy atom. The number of nitrogens with zero attached hydrogens (tertiary/aromatic N) is 2. The van der Waals surface area contributed by atoms with E-state index in [1.54, 1.807) is 6.92 Å². The lowest BCUT2D eigenvalue weighted by atomic mass is 10.1. The number of nitrogens with one attached hydrogen (secondary N) is 1. The number of hydrogen-bond donors (Lipinski definition) is 1. The molecule has 1 aromatic carbocycles. The highest BCUT2D eigenvalue weighted by Gasteiger charge is 2.13. The first-order valence-electron chi connectivity index (χ1n) is 5.70. The van der Waals surface area contributed by atoms with Crippen molar-refractivity contribution in [3.63, 3.8) is 0 Å². The fraction of sp³-hybridized carbons (Fsp3) is 0.308. The molecule has 0 aliphatic heterocycles. The molecule has 0 spiro atoms. The summed E-state index contributed by atoms with van der Waals surface area (Å²) in [7, 11) is 0. The van der Waals surface area contributed by atoms with Gasteiger partial charge in [-0.2, -0.15) is 5.26 Å². The quantitative estimate of drug-likeness (QED) is 0.887. The van der Waals surface area contributed by atoms with Gasteiger partial charge in [0.2, 0.25) is 5.91 Å². The van der Waals surface area contributed by atoms with Gasteiger partial charge in [0, 0.05) is 11.4 Å². The molecule has 2 rings (SSSR count). The third-order valence-electron chi connectivity index (χ3n) is 2.59. The van der Waals surface area contributed by atoms with E-state index in [-0.39, 0.29) is 18.4 Å². The zero-order valence-electron chi connectivity index (χ0n) is 10.0. The van der Waals surface area contributed by atoms with Crippen LogP contribution in [0.3, 0.4) is 0 Å². The number of para-hydroxylation sites is 1. The summed E-state index contributed by atoms with van der Waals surface area (Å²) in [6.45, 7) is 1.79. The molecule has 0 aliphatic rings. The van der Waals surface area contributed by atoms with E-state index in [0.29, 0.717) is 17.7 Å². The van der Waals surface area contributed by atoms with Crippen LogP contribution in [-0.2, 0) is 11.2 Å². The van der Waals surface area contributed by atoms with Gasteiger partial charge < -0.3 is 9.84 Å². The van der Waals surface area contributed by atoms with Crippen LogP contribution in [0.5, 0.6) is 0 Å². The molecule has 5 nitrogen and oxygen atoms in total. The number of carbonyl (C=O) groups excluding carboxylic acids is 1. The Hall–Kier alpha value is -2.35. The van der Waals surface area contributed by atoms with Gasteiger partial charge in [0.15, 0.2) is 5.58 Å². The van der Waals surface area contributed by atoms with Crippen LogP contribution in [0.1, 0.15) is 19.0 Å². The summed E-state index contributed by atoms with van der Waals surface area (Å²) in [6, 6.07) is 9.26. The maximum Gasteiger partial charge on any atom is 0.226 e. The number of benzene rings is 1. The van der Waals surface area contributed by atoms with Crippen LogP contribution >= 0.6 is 0 Å². The second kappa shape index (κ2) is 5.32. The standard InChI is InChI=1S/C13H13N3O2/c1-9(6-7-14)15-13(17)8-11-10-4-2-3-5-12(10)18-16-11/h2-5,9H,6,8H2,1H3,(H,15,17). The normalized spacial score (nSPS) is 12.0. The number of rotatable bonds is 4. The lowest BCUT2D eigenvalue weighted by Crippen LogP contribution is -2.33. The number of amides is 1. The molecule has 0 radical (unpaired) electrons. The Morgan fingerprint density at radius 1 is 1.56 bits per heavy atom. The van der Waals surface area contributed by atoms with Crippen molar-refractivity contribution in [2.24, 2.45) is 0 Å². The van der Waals surface area contributed by atoms with Crippen molar-refractivity contribution in [2.45, 2.75) is 25.8 Å². The van der Waals surface area contributed by atoms with Crippen LogP contribution in [0.15, 0.2) is 28.8 Å².